The molecule has 0 saturated carbocycles. The zero-order valence-corrected chi connectivity index (χ0v) is 19.8. The fraction of sp³-hybridized carbons (Fsp3) is 0.536. The van der Waals surface area contributed by atoms with Crippen LogP contribution in [0.4, 0.5) is 0 Å². The van der Waals surface area contributed by atoms with Gasteiger partial charge in [-0.05, 0) is 67.5 Å². The Morgan fingerprint density at radius 2 is 1.44 bits per heavy atom. The summed E-state index contributed by atoms with van der Waals surface area (Å²) < 4.78 is 18.0. The molecule has 2 aromatic rings. The Morgan fingerprint density at radius 3 is 2.22 bits per heavy atom. The van der Waals surface area contributed by atoms with E-state index in [2.05, 4.69) is 25.1 Å². The lowest BCUT2D eigenvalue weighted by molar-refractivity contribution is -0.119. The standard InChI is InChI=1S/C28H38O4/c1-3-4-5-6-7-10-19-31-26-18-15-23-13-16-24(29)12-9-8-11-22-14-17-25(30-2)27(20-22)32-28(26)21-23/h14-15,17-18,20-21H,3-13,16,19H2,1-2H3. The number of hydrogen-bond acceptors (Lipinski definition) is 4. The molecule has 0 N–H and O–H groups in total. The Labute approximate surface area is 193 Å². The van der Waals surface area contributed by atoms with Crippen molar-refractivity contribution < 1.29 is 19.0 Å². The van der Waals surface area contributed by atoms with Crippen molar-refractivity contribution in [2.45, 2.75) is 84.0 Å². The zero-order chi connectivity index (χ0) is 22.6. The first-order valence-corrected chi connectivity index (χ1v) is 12.3. The predicted octanol–water partition coefficient (Wildman–Crippen LogP) is 7.45. The second-order valence-electron chi connectivity index (χ2n) is 8.73. The third kappa shape index (κ3) is 7.58. The van der Waals surface area contributed by atoms with Gasteiger partial charge in [-0.25, -0.2) is 0 Å². The average molecular weight is 439 g/mol. The molecule has 0 atom stereocenters. The summed E-state index contributed by atoms with van der Waals surface area (Å²) in [7, 11) is 1.66. The molecule has 1 aliphatic rings. The van der Waals surface area contributed by atoms with Gasteiger partial charge in [0.2, 0.25) is 0 Å². The molecule has 4 bridgehead atoms. The van der Waals surface area contributed by atoms with Gasteiger partial charge >= 0.3 is 0 Å². The lowest BCUT2D eigenvalue weighted by Crippen LogP contribution is -2.03. The molecule has 0 spiro atoms. The fourth-order valence-corrected chi connectivity index (χ4v) is 4.11. The van der Waals surface area contributed by atoms with Gasteiger partial charge < -0.3 is 14.2 Å². The number of rotatable bonds is 9. The molecule has 32 heavy (non-hydrogen) atoms. The highest BCUT2D eigenvalue weighted by atomic mass is 16.5. The van der Waals surface area contributed by atoms with Crippen LogP contribution in [0.3, 0.4) is 0 Å². The molecule has 3 rings (SSSR count). The van der Waals surface area contributed by atoms with E-state index in [1.165, 1.54) is 37.7 Å². The maximum Gasteiger partial charge on any atom is 0.169 e. The third-order valence-electron chi connectivity index (χ3n) is 6.08. The molecule has 1 aliphatic heterocycles. The summed E-state index contributed by atoms with van der Waals surface area (Å²) in [6.45, 7) is 2.92. The van der Waals surface area contributed by atoms with Crippen LogP contribution >= 0.6 is 0 Å². The molecule has 0 aliphatic carbocycles. The number of benzene rings is 2. The highest BCUT2D eigenvalue weighted by molar-refractivity contribution is 5.78. The minimum Gasteiger partial charge on any atom is -0.493 e. The number of hydrogen-bond donors (Lipinski definition) is 0. The van der Waals surface area contributed by atoms with E-state index in [0.29, 0.717) is 42.5 Å². The Bertz CT molecular complexity index is 859. The summed E-state index contributed by atoms with van der Waals surface area (Å²) in [6.07, 6.45) is 12.2. The summed E-state index contributed by atoms with van der Waals surface area (Å²) in [6, 6.07) is 12.1. The van der Waals surface area contributed by atoms with E-state index in [0.717, 1.165) is 43.4 Å². The van der Waals surface area contributed by atoms with Crippen molar-refractivity contribution in [1.82, 2.24) is 0 Å². The van der Waals surface area contributed by atoms with Crippen molar-refractivity contribution >= 4 is 5.78 Å². The summed E-state index contributed by atoms with van der Waals surface area (Å²) in [4.78, 5) is 12.3. The number of Topliss-reactive ketones (excluding diaryl/α,β-unsaturated/α-hetero) is 1. The largest absolute Gasteiger partial charge is 0.493 e. The quantitative estimate of drug-likeness (QED) is 0.381. The molecule has 4 heteroatoms. The van der Waals surface area contributed by atoms with Gasteiger partial charge in [-0.3, -0.25) is 4.79 Å². The van der Waals surface area contributed by atoms with Gasteiger partial charge in [0.05, 0.1) is 13.7 Å². The van der Waals surface area contributed by atoms with Crippen LogP contribution < -0.4 is 14.2 Å². The van der Waals surface area contributed by atoms with Crippen LogP contribution in [-0.4, -0.2) is 19.5 Å². The van der Waals surface area contributed by atoms with Crippen LogP contribution in [0.15, 0.2) is 36.4 Å². The van der Waals surface area contributed by atoms with Crippen LogP contribution in [0.5, 0.6) is 23.0 Å². The van der Waals surface area contributed by atoms with Gasteiger partial charge in [0, 0.05) is 12.8 Å². The minimum absolute atomic E-state index is 0.336. The highest BCUT2D eigenvalue weighted by Gasteiger charge is 2.14. The Morgan fingerprint density at radius 1 is 0.781 bits per heavy atom. The SMILES string of the molecule is CCCCCCCCOc1ccc2cc1Oc1cc(ccc1OC)CCCCC(=O)CC2. The number of carbonyl (C=O) groups is 1. The predicted molar refractivity (Wildman–Crippen MR) is 129 cm³/mol. The molecular weight excluding hydrogens is 400 g/mol. The lowest BCUT2D eigenvalue weighted by atomic mass is 10.0. The smallest absolute Gasteiger partial charge is 0.169 e. The number of fused-ring (bicyclic) bond motifs is 4. The van der Waals surface area contributed by atoms with Crippen LogP contribution in [0.2, 0.25) is 0 Å². The molecule has 0 aromatic heterocycles. The Hall–Kier alpha value is -2.49. The summed E-state index contributed by atoms with van der Waals surface area (Å²) in [5.41, 5.74) is 2.28. The first-order valence-electron chi connectivity index (χ1n) is 12.3. The van der Waals surface area contributed by atoms with E-state index in [4.69, 9.17) is 14.2 Å². The van der Waals surface area contributed by atoms with E-state index in [1.807, 2.05) is 18.2 Å². The number of ether oxygens (including phenoxy) is 3. The maximum absolute atomic E-state index is 12.3. The number of methoxy groups -OCH3 is 1. The van der Waals surface area contributed by atoms with E-state index in [-0.39, 0.29) is 0 Å². The normalized spacial score (nSPS) is 14.4. The third-order valence-corrected chi connectivity index (χ3v) is 6.08. The Kier molecular flexibility index (Phi) is 9.93. The lowest BCUT2D eigenvalue weighted by Gasteiger charge is -2.17. The summed E-state index contributed by atoms with van der Waals surface area (Å²) in [5.74, 6) is 3.19. The zero-order valence-electron chi connectivity index (χ0n) is 19.8. The van der Waals surface area contributed by atoms with Crippen molar-refractivity contribution in [2.24, 2.45) is 0 Å². The molecule has 4 nitrogen and oxygen atoms in total. The van der Waals surface area contributed by atoms with E-state index in [1.54, 1.807) is 7.11 Å². The van der Waals surface area contributed by atoms with Crippen LogP contribution in [0, 0.1) is 0 Å². The molecular formula is C28H38O4. The van der Waals surface area contributed by atoms with Crippen LogP contribution in [0.25, 0.3) is 0 Å². The van der Waals surface area contributed by atoms with Crippen molar-refractivity contribution in [3.63, 3.8) is 0 Å². The topological polar surface area (TPSA) is 44.8 Å². The second-order valence-corrected chi connectivity index (χ2v) is 8.73. The second kappa shape index (κ2) is 13.1. The molecule has 2 aromatic carbocycles. The highest BCUT2D eigenvalue weighted by Crippen LogP contribution is 2.38. The van der Waals surface area contributed by atoms with E-state index >= 15 is 0 Å². The molecule has 0 fully saturated rings. The van der Waals surface area contributed by atoms with Crippen LogP contribution in [-0.2, 0) is 17.6 Å². The summed E-state index contributed by atoms with van der Waals surface area (Å²) >= 11 is 0. The number of unbranched alkanes of at least 4 members (excludes halogenated alkanes) is 5. The van der Waals surface area contributed by atoms with Gasteiger partial charge in [0.1, 0.15) is 5.78 Å². The fourth-order valence-electron chi connectivity index (χ4n) is 4.11. The van der Waals surface area contributed by atoms with Gasteiger partial charge in [-0.15, -0.1) is 0 Å². The van der Waals surface area contributed by atoms with E-state index in [9.17, 15) is 4.79 Å². The van der Waals surface area contributed by atoms with Crippen molar-refractivity contribution in [3.8, 4) is 23.0 Å². The molecule has 174 valence electrons. The number of carbonyl (C=O) groups excluding carboxylic acids is 1. The average Bonchev–Trinajstić information content (AvgIpc) is 2.80. The Balaban J connectivity index is 1.77. The van der Waals surface area contributed by atoms with Gasteiger partial charge in [-0.2, -0.15) is 0 Å². The molecule has 1 heterocycles. The molecule has 0 radical (unpaired) electrons. The monoisotopic (exact) mass is 438 g/mol. The number of aryl methyl sites for hydroxylation is 2. The van der Waals surface area contributed by atoms with Gasteiger partial charge in [0.15, 0.2) is 23.0 Å². The van der Waals surface area contributed by atoms with E-state index < -0.39 is 0 Å². The van der Waals surface area contributed by atoms with Crippen molar-refractivity contribution in [2.75, 3.05) is 13.7 Å². The maximum atomic E-state index is 12.3. The minimum atomic E-state index is 0.336. The van der Waals surface area contributed by atoms with Crippen LogP contribution in [0.1, 0.15) is 82.3 Å². The molecule has 0 amide bonds. The van der Waals surface area contributed by atoms with Crippen molar-refractivity contribution in [1.29, 1.82) is 0 Å². The van der Waals surface area contributed by atoms with Gasteiger partial charge in [0.25, 0.3) is 0 Å². The van der Waals surface area contributed by atoms with Crippen molar-refractivity contribution in [3.05, 3.63) is 47.5 Å². The molecule has 0 unspecified atom stereocenters. The van der Waals surface area contributed by atoms with Gasteiger partial charge in [-0.1, -0.05) is 51.2 Å². The summed E-state index contributed by atoms with van der Waals surface area (Å²) in [5, 5.41) is 0. The molecule has 0 saturated heterocycles. The first kappa shape index (κ1) is 24.2. The first-order chi connectivity index (χ1) is 15.7. The number of ketones is 1.